The predicted octanol–water partition coefficient (Wildman–Crippen LogP) is -1.41. The van der Waals surface area contributed by atoms with E-state index in [9.17, 15) is 9.59 Å². The molecule has 0 saturated carbocycles. The van der Waals surface area contributed by atoms with Crippen molar-refractivity contribution >= 4 is 33.5 Å². The molecule has 0 rings (SSSR count). The fourth-order valence-electron chi connectivity index (χ4n) is 0.396. The van der Waals surface area contributed by atoms with Gasteiger partial charge in [-0.3, -0.25) is 9.59 Å². The molecule has 0 bridgehead atoms. The molecule has 6 nitrogen and oxygen atoms in total. The van der Waals surface area contributed by atoms with Crippen LogP contribution in [0.1, 0.15) is 0 Å². The fourth-order valence-corrected chi connectivity index (χ4v) is 2.65. The van der Waals surface area contributed by atoms with Crippen molar-refractivity contribution in [1.82, 2.24) is 0 Å². The van der Waals surface area contributed by atoms with E-state index in [2.05, 4.69) is 0 Å². The van der Waals surface area contributed by atoms with Crippen LogP contribution in [0.5, 0.6) is 0 Å². The Bertz CT molecular complexity index is 192. The standard InChI is InChI=1S/C6H13N3O3S2/c7-3(5(9)10)1-13-14-2-4(8)6(11)12/h3-4H,1-2,7-8H2,(H2,9,10)(H,11,12)/t3-,4-/m0/s1. The minimum atomic E-state index is -1.04. The number of aliphatic carboxylic acids is 1. The van der Waals surface area contributed by atoms with Gasteiger partial charge in [0.1, 0.15) is 6.04 Å². The second kappa shape index (κ2) is 6.93. The van der Waals surface area contributed by atoms with Crippen molar-refractivity contribution in [1.29, 1.82) is 0 Å². The first kappa shape index (κ1) is 13.6. The van der Waals surface area contributed by atoms with E-state index in [0.717, 1.165) is 0 Å². The van der Waals surface area contributed by atoms with Gasteiger partial charge >= 0.3 is 5.97 Å². The number of carbonyl (C=O) groups excluding carboxylic acids is 1. The van der Waals surface area contributed by atoms with Crippen molar-refractivity contribution in [2.75, 3.05) is 11.5 Å². The number of carbonyl (C=O) groups is 2. The molecule has 0 aromatic heterocycles. The van der Waals surface area contributed by atoms with Crippen LogP contribution in [0.4, 0.5) is 0 Å². The van der Waals surface area contributed by atoms with Crippen molar-refractivity contribution in [2.45, 2.75) is 12.1 Å². The van der Waals surface area contributed by atoms with Crippen LogP contribution in [-0.2, 0) is 9.59 Å². The molecular weight excluding hydrogens is 226 g/mol. The Morgan fingerprint density at radius 2 is 1.57 bits per heavy atom. The monoisotopic (exact) mass is 239 g/mol. The average molecular weight is 239 g/mol. The van der Waals surface area contributed by atoms with E-state index in [0.29, 0.717) is 5.75 Å². The number of carboxylic acids is 1. The molecule has 1 amide bonds. The molecule has 7 N–H and O–H groups in total. The van der Waals surface area contributed by atoms with Gasteiger partial charge in [-0.25, -0.2) is 0 Å². The highest BCUT2D eigenvalue weighted by Gasteiger charge is 2.13. The maximum Gasteiger partial charge on any atom is 0.321 e. The first-order valence-electron chi connectivity index (χ1n) is 3.73. The van der Waals surface area contributed by atoms with Gasteiger partial charge in [0.2, 0.25) is 5.91 Å². The molecule has 0 heterocycles. The van der Waals surface area contributed by atoms with Crippen LogP contribution in [0.2, 0.25) is 0 Å². The summed E-state index contributed by atoms with van der Waals surface area (Å²) in [6.45, 7) is 0. The maximum absolute atomic E-state index is 10.5. The molecule has 0 saturated heterocycles. The molecule has 0 radical (unpaired) electrons. The van der Waals surface area contributed by atoms with Gasteiger partial charge in [0.15, 0.2) is 0 Å². The molecule has 2 atom stereocenters. The quantitative estimate of drug-likeness (QED) is 0.317. The Morgan fingerprint density at radius 3 is 1.93 bits per heavy atom. The molecule has 8 heteroatoms. The number of carboxylic acid groups (broad SMARTS) is 1. The number of amides is 1. The normalized spacial score (nSPS) is 14.7. The summed E-state index contributed by atoms with van der Waals surface area (Å²) in [6.07, 6.45) is 0. The number of hydrogen-bond acceptors (Lipinski definition) is 6. The second-order valence-corrected chi connectivity index (χ2v) is 5.07. The van der Waals surface area contributed by atoms with E-state index in [1.54, 1.807) is 0 Å². The Kier molecular flexibility index (Phi) is 6.71. The van der Waals surface area contributed by atoms with Crippen LogP contribution < -0.4 is 17.2 Å². The largest absolute Gasteiger partial charge is 0.480 e. The Balaban J connectivity index is 3.47. The smallest absolute Gasteiger partial charge is 0.321 e. The Labute approximate surface area is 89.3 Å². The molecular formula is C6H13N3O3S2. The van der Waals surface area contributed by atoms with Crippen molar-refractivity contribution in [3.8, 4) is 0 Å². The lowest BCUT2D eigenvalue weighted by Crippen LogP contribution is -2.38. The first-order chi connectivity index (χ1) is 6.45. The number of rotatable bonds is 7. The summed E-state index contributed by atoms with van der Waals surface area (Å²) in [5.74, 6) is -0.990. The highest BCUT2D eigenvalue weighted by atomic mass is 33.1. The molecule has 0 aliphatic carbocycles. The molecule has 0 aromatic carbocycles. The minimum absolute atomic E-state index is 0.269. The van der Waals surface area contributed by atoms with Gasteiger partial charge in [0.25, 0.3) is 0 Å². The van der Waals surface area contributed by atoms with Gasteiger partial charge in [-0.15, -0.1) is 0 Å². The fraction of sp³-hybridized carbons (Fsp3) is 0.667. The lowest BCUT2D eigenvalue weighted by molar-refractivity contribution is -0.137. The highest BCUT2D eigenvalue weighted by molar-refractivity contribution is 8.76. The average Bonchev–Trinajstić information content (AvgIpc) is 2.11. The van der Waals surface area contributed by atoms with Crippen LogP contribution in [0.3, 0.4) is 0 Å². The summed E-state index contributed by atoms with van der Waals surface area (Å²) in [4.78, 5) is 20.8. The van der Waals surface area contributed by atoms with Gasteiger partial charge in [-0.1, -0.05) is 21.6 Å². The third-order valence-electron chi connectivity index (χ3n) is 1.26. The highest BCUT2D eigenvalue weighted by Crippen LogP contribution is 2.21. The van der Waals surface area contributed by atoms with E-state index >= 15 is 0 Å². The number of nitrogens with two attached hydrogens (primary N) is 3. The zero-order valence-electron chi connectivity index (χ0n) is 7.38. The Hall–Kier alpha value is -0.440. The second-order valence-electron chi connectivity index (χ2n) is 2.52. The van der Waals surface area contributed by atoms with Crippen molar-refractivity contribution < 1.29 is 14.7 Å². The van der Waals surface area contributed by atoms with Crippen LogP contribution >= 0.6 is 21.6 Å². The van der Waals surface area contributed by atoms with Crippen LogP contribution in [-0.4, -0.2) is 40.6 Å². The predicted molar refractivity (Wildman–Crippen MR) is 57.7 cm³/mol. The van der Waals surface area contributed by atoms with Crippen LogP contribution in [0, 0.1) is 0 Å². The molecule has 82 valence electrons. The molecule has 0 unspecified atom stereocenters. The summed E-state index contributed by atoms with van der Waals surface area (Å²) >= 11 is 0. The van der Waals surface area contributed by atoms with Crippen LogP contribution in [0.25, 0.3) is 0 Å². The SMILES string of the molecule is NC(=O)[C@@H](N)CSSC[C@H](N)C(=O)O. The zero-order valence-corrected chi connectivity index (χ0v) is 9.01. The summed E-state index contributed by atoms with van der Waals surface area (Å²) in [5, 5.41) is 8.43. The van der Waals surface area contributed by atoms with Gasteiger partial charge in [-0.05, 0) is 0 Å². The third kappa shape index (κ3) is 6.08. The van der Waals surface area contributed by atoms with E-state index in [1.165, 1.54) is 21.6 Å². The van der Waals surface area contributed by atoms with E-state index in [1.807, 2.05) is 0 Å². The summed E-state index contributed by atoms with van der Waals surface area (Å²) in [5.41, 5.74) is 15.5. The van der Waals surface area contributed by atoms with E-state index in [4.69, 9.17) is 22.3 Å². The van der Waals surface area contributed by atoms with Gasteiger partial charge in [0, 0.05) is 11.5 Å². The molecule has 0 aromatic rings. The van der Waals surface area contributed by atoms with Gasteiger partial charge in [0.05, 0.1) is 6.04 Å². The van der Waals surface area contributed by atoms with Gasteiger partial charge in [-0.2, -0.15) is 0 Å². The van der Waals surface area contributed by atoms with Gasteiger partial charge < -0.3 is 22.3 Å². The summed E-state index contributed by atoms with van der Waals surface area (Å²) in [6, 6.07) is -1.59. The van der Waals surface area contributed by atoms with Crippen LogP contribution in [0.15, 0.2) is 0 Å². The number of hydrogen-bond donors (Lipinski definition) is 4. The first-order valence-corrected chi connectivity index (χ1v) is 6.21. The molecule has 0 aliphatic heterocycles. The van der Waals surface area contributed by atoms with Crippen molar-refractivity contribution in [2.24, 2.45) is 17.2 Å². The van der Waals surface area contributed by atoms with E-state index < -0.39 is 24.0 Å². The summed E-state index contributed by atoms with van der Waals surface area (Å²) in [7, 11) is 2.54. The number of primary amides is 1. The Morgan fingerprint density at radius 1 is 1.14 bits per heavy atom. The topological polar surface area (TPSA) is 132 Å². The van der Waals surface area contributed by atoms with Crippen molar-refractivity contribution in [3.05, 3.63) is 0 Å². The molecule has 0 aliphatic rings. The van der Waals surface area contributed by atoms with Crippen molar-refractivity contribution in [3.63, 3.8) is 0 Å². The maximum atomic E-state index is 10.5. The minimum Gasteiger partial charge on any atom is -0.480 e. The lowest BCUT2D eigenvalue weighted by Gasteiger charge is -2.07. The molecule has 14 heavy (non-hydrogen) atoms. The molecule has 0 spiro atoms. The zero-order chi connectivity index (χ0) is 11.1. The van der Waals surface area contributed by atoms with E-state index in [-0.39, 0.29) is 5.75 Å². The summed E-state index contributed by atoms with van der Waals surface area (Å²) < 4.78 is 0. The molecule has 0 fully saturated rings. The lowest BCUT2D eigenvalue weighted by atomic mass is 10.4. The third-order valence-corrected chi connectivity index (χ3v) is 3.73.